The molecule has 1 unspecified atom stereocenters. The lowest BCUT2D eigenvalue weighted by Gasteiger charge is -2.17. The van der Waals surface area contributed by atoms with Crippen molar-refractivity contribution in [3.05, 3.63) is 0 Å². The predicted molar refractivity (Wildman–Crippen MR) is 46.7 cm³/mol. The average molecular weight is 186 g/mol. The van der Waals surface area contributed by atoms with Crippen molar-refractivity contribution >= 4 is 11.8 Å². The van der Waals surface area contributed by atoms with E-state index in [2.05, 4.69) is 0 Å². The minimum Gasteiger partial charge on any atom is -0.369 e. The highest BCUT2D eigenvalue weighted by molar-refractivity contribution is 5.78. The number of hydrogen-bond donors (Lipinski definition) is 3. The third-order valence-corrected chi connectivity index (χ3v) is 2.52. The van der Waals surface area contributed by atoms with Crippen LogP contribution in [0.1, 0.15) is 19.3 Å². The Labute approximate surface area is 77.1 Å². The van der Waals surface area contributed by atoms with Gasteiger partial charge in [-0.15, -0.1) is 0 Å². The molecule has 0 aromatic rings. The molecule has 2 amide bonds. The number of hydrogen-bond acceptors (Lipinski definition) is 2. The summed E-state index contributed by atoms with van der Waals surface area (Å²) < 4.78 is 0. The molecule has 1 aliphatic heterocycles. The molecule has 5 N–H and O–H groups in total. The van der Waals surface area contributed by atoms with Crippen molar-refractivity contribution in [2.75, 3.05) is 13.1 Å². The van der Waals surface area contributed by atoms with E-state index in [1.165, 1.54) is 0 Å². The number of likely N-dealkylation sites (tertiary alicyclic amines) is 1. The summed E-state index contributed by atoms with van der Waals surface area (Å²) in [5.74, 6) is -0.584. The zero-order chi connectivity index (χ0) is 9.84. The molecule has 74 valence electrons. The molecule has 2 atom stereocenters. The Balaban J connectivity index is 2.39. The van der Waals surface area contributed by atoms with Crippen molar-refractivity contribution in [3.63, 3.8) is 0 Å². The molecule has 13 heavy (non-hydrogen) atoms. The Morgan fingerprint density at radius 2 is 2.08 bits per heavy atom. The molecular formula is C8H16N3O2+. The molecule has 1 heterocycles. The third kappa shape index (κ3) is 2.69. The molecule has 1 aliphatic rings. The minimum absolute atomic E-state index is 0.112. The van der Waals surface area contributed by atoms with Crippen molar-refractivity contribution in [1.82, 2.24) is 0 Å². The Kier molecular flexibility index (Phi) is 3.25. The summed E-state index contributed by atoms with van der Waals surface area (Å²) >= 11 is 0. The number of rotatable bonds is 4. The quantitative estimate of drug-likeness (QED) is 0.449. The molecule has 0 aromatic heterocycles. The van der Waals surface area contributed by atoms with Crippen molar-refractivity contribution in [2.24, 2.45) is 11.5 Å². The first-order valence-electron chi connectivity index (χ1n) is 4.53. The van der Waals surface area contributed by atoms with Crippen molar-refractivity contribution in [1.29, 1.82) is 0 Å². The Morgan fingerprint density at radius 1 is 1.38 bits per heavy atom. The van der Waals surface area contributed by atoms with Gasteiger partial charge in [0, 0.05) is 12.8 Å². The maximum atomic E-state index is 10.9. The normalized spacial score (nSPS) is 27.4. The number of nitrogens with one attached hydrogen (secondary N) is 1. The SMILES string of the molecule is NC(=O)CC[NH+]1CCC[C@@H]1C(N)=O. The highest BCUT2D eigenvalue weighted by atomic mass is 16.1. The van der Waals surface area contributed by atoms with Gasteiger partial charge < -0.3 is 16.4 Å². The van der Waals surface area contributed by atoms with E-state index in [1.54, 1.807) is 0 Å². The fourth-order valence-corrected chi connectivity index (χ4v) is 1.84. The van der Waals surface area contributed by atoms with E-state index >= 15 is 0 Å². The number of carbonyl (C=O) groups is 2. The van der Waals surface area contributed by atoms with Crippen LogP contribution in [0.25, 0.3) is 0 Å². The van der Waals surface area contributed by atoms with Gasteiger partial charge in [0.15, 0.2) is 6.04 Å². The first kappa shape index (κ1) is 9.98. The Bertz CT molecular complexity index is 217. The van der Waals surface area contributed by atoms with Gasteiger partial charge >= 0.3 is 0 Å². The van der Waals surface area contributed by atoms with Crippen LogP contribution < -0.4 is 16.4 Å². The lowest BCUT2D eigenvalue weighted by atomic mass is 10.2. The van der Waals surface area contributed by atoms with Gasteiger partial charge in [0.1, 0.15) is 0 Å². The van der Waals surface area contributed by atoms with Crippen molar-refractivity contribution < 1.29 is 14.5 Å². The van der Waals surface area contributed by atoms with Gasteiger partial charge in [0.05, 0.1) is 19.5 Å². The molecule has 1 rings (SSSR count). The summed E-state index contributed by atoms with van der Waals surface area (Å²) in [5.41, 5.74) is 10.2. The first-order chi connectivity index (χ1) is 6.11. The Hall–Kier alpha value is -1.10. The fourth-order valence-electron chi connectivity index (χ4n) is 1.84. The van der Waals surface area contributed by atoms with E-state index in [9.17, 15) is 9.59 Å². The summed E-state index contributed by atoms with van der Waals surface area (Å²) in [7, 11) is 0. The van der Waals surface area contributed by atoms with Crippen molar-refractivity contribution in [2.45, 2.75) is 25.3 Å². The van der Waals surface area contributed by atoms with Crippen LogP contribution in [0, 0.1) is 0 Å². The van der Waals surface area contributed by atoms with Gasteiger partial charge in [-0.3, -0.25) is 9.59 Å². The Morgan fingerprint density at radius 3 is 2.62 bits per heavy atom. The second-order valence-electron chi connectivity index (χ2n) is 3.47. The number of quaternary nitrogens is 1. The summed E-state index contributed by atoms with van der Waals surface area (Å²) in [6.07, 6.45) is 2.17. The van der Waals surface area contributed by atoms with Crippen molar-refractivity contribution in [3.8, 4) is 0 Å². The minimum atomic E-state index is -0.317. The van der Waals surface area contributed by atoms with Gasteiger partial charge in [-0.05, 0) is 0 Å². The number of nitrogens with two attached hydrogens (primary N) is 2. The number of carbonyl (C=O) groups excluding carboxylic acids is 2. The molecule has 5 nitrogen and oxygen atoms in total. The van der Waals surface area contributed by atoms with Gasteiger partial charge in [-0.25, -0.2) is 0 Å². The van der Waals surface area contributed by atoms with E-state index in [0.717, 1.165) is 24.3 Å². The molecule has 1 fully saturated rings. The van der Waals surface area contributed by atoms with Crippen LogP contribution in [0.4, 0.5) is 0 Å². The van der Waals surface area contributed by atoms with E-state index in [1.807, 2.05) is 0 Å². The van der Waals surface area contributed by atoms with Crippen LogP contribution in [-0.2, 0) is 9.59 Å². The van der Waals surface area contributed by atoms with Crippen LogP contribution >= 0.6 is 0 Å². The maximum Gasteiger partial charge on any atom is 0.275 e. The summed E-state index contributed by atoms with van der Waals surface area (Å²) in [6.45, 7) is 1.55. The maximum absolute atomic E-state index is 10.9. The molecule has 0 spiro atoms. The molecular weight excluding hydrogens is 170 g/mol. The molecule has 5 heteroatoms. The lowest BCUT2D eigenvalue weighted by Crippen LogP contribution is -3.15. The smallest absolute Gasteiger partial charge is 0.275 e. The second-order valence-corrected chi connectivity index (χ2v) is 3.47. The predicted octanol–water partition coefficient (Wildman–Crippen LogP) is -2.61. The highest BCUT2D eigenvalue weighted by Crippen LogP contribution is 1.98. The zero-order valence-corrected chi connectivity index (χ0v) is 7.58. The van der Waals surface area contributed by atoms with E-state index in [-0.39, 0.29) is 17.9 Å². The van der Waals surface area contributed by atoms with E-state index < -0.39 is 0 Å². The first-order valence-corrected chi connectivity index (χ1v) is 4.53. The highest BCUT2D eigenvalue weighted by Gasteiger charge is 2.32. The third-order valence-electron chi connectivity index (χ3n) is 2.52. The summed E-state index contributed by atoms with van der Waals surface area (Å²) in [6, 6.07) is -0.112. The van der Waals surface area contributed by atoms with Crippen LogP contribution in [0.5, 0.6) is 0 Å². The molecule has 0 radical (unpaired) electrons. The molecule has 0 aliphatic carbocycles. The molecule has 1 saturated heterocycles. The van der Waals surface area contributed by atoms with Crippen LogP contribution in [0.15, 0.2) is 0 Å². The monoisotopic (exact) mass is 186 g/mol. The van der Waals surface area contributed by atoms with E-state index in [0.29, 0.717) is 13.0 Å². The fraction of sp³-hybridized carbons (Fsp3) is 0.750. The van der Waals surface area contributed by atoms with Gasteiger partial charge in [0.2, 0.25) is 5.91 Å². The topological polar surface area (TPSA) is 90.6 Å². The van der Waals surface area contributed by atoms with Gasteiger partial charge in [0.25, 0.3) is 5.91 Å². The van der Waals surface area contributed by atoms with Gasteiger partial charge in [-0.2, -0.15) is 0 Å². The molecule has 0 saturated carbocycles. The lowest BCUT2D eigenvalue weighted by molar-refractivity contribution is -0.902. The summed E-state index contributed by atoms with van der Waals surface area (Å²) in [4.78, 5) is 22.6. The average Bonchev–Trinajstić information content (AvgIpc) is 2.47. The zero-order valence-electron chi connectivity index (χ0n) is 7.58. The largest absolute Gasteiger partial charge is 0.369 e. The standard InChI is InChI=1S/C8H15N3O2/c9-7(12)3-5-11-4-1-2-6(11)8(10)13/h6H,1-5H2,(H2,9,12)(H2,10,13)/p+1/t6-/m1/s1. The van der Waals surface area contributed by atoms with E-state index in [4.69, 9.17) is 11.5 Å². The number of primary amides is 2. The second kappa shape index (κ2) is 4.23. The van der Waals surface area contributed by atoms with Crippen LogP contribution in [0.2, 0.25) is 0 Å². The van der Waals surface area contributed by atoms with Crippen LogP contribution in [0.3, 0.4) is 0 Å². The van der Waals surface area contributed by atoms with Gasteiger partial charge in [-0.1, -0.05) is 0 Å². The van der Waals surface area contributed by atoms with Crippen LogP contribution in [-0.4, -0.2) is 30.9 Å². The molecule has 0 aromatic carbocycles. The molecule has 0 bridgehead atoms. The number of amides is 2. The summed E-state index contributed by atoms with van der Waals surface area (Å²) in [5, 5.41) is 0.